The van der Waals surface area contributed by atoms with Gasteiger partial charge in [0.2, 0.25) is 5.82 Å². The third-order valence-electron chi connectivity index (χ3n) is 4.68. The number of hydrogen-bond donors (Lipinski definition) is 2. The minimum absolute atomic E-state index is 0.170. The summed E-state index contributed by atoms with van der Waals surface area (Å²) in [4.78, 5) is 29.8. The van der Waals surface area contributed by atoms with Crippen molar-refractivity contribution in [1.82, 2.24) is 20.0 Å². The predicted molar refractivity (Wildman–Crippen MR) is 109 cm³/mol. The van der Waals surface area contributed by atoms with Gasteiger partial charge in [-0.15, -0.1) is 0 Å². The zero-order chi connectivity index (χ0) is 19.9. The fourth-order valence-electron chi connectivity index (χ4n) is 3.11. The Morgan fingerprint density at radius 1 is 1.04 bits per heavy atom. The van der Waals surface area contributed by atoms with Crippen molar-refractivity contribution in [2.75, 3.05) is 6.54 Å². The number of fused-ring (bicyclic) bond motifs is 1. The number of pyridine rings is 1. The second kappa shape index (κ2) is 9.17. The molecule has 1 aromatic carbocycles. The van der Waals surface area contributed by atoms with E-state index in [-0.39, 0.29) is 29.4 Å². The number of unbranched alkanes of at least 4 members (excludes halogenated alkanes) is 2. The van der Waals surface area contributed by atoms with Crippen molar-refractivity contribution in [3.05, 3.63) is 71.8 Å². The Morgan fingerprint density at radius 2 is 1.79 bits per heavy atom. The molecule has 2 N–H and O–H groups in total. The molecule has 2 amide bonds. The molecule has 3 aromatic rings. The van der Waals surface area contributed by atoms with Gasteiger partial charge in [0.1, 0.15) is 0 Å². The summed E-state index contributed by atoms with van der Waals surface area (Å²) in [6.07, 6.45) is 4.83. The first-order valence-corrected chi connectivity index (χ1v) is 9.73. The normalized spacial score (nSPS) is 11.9. The van der Waals surface area contributed by atoms with Crippen LogP contribution < -0.4 is 10.6 Å². The smallest absolute Gasteiger partial charge is 0.288 e. The molecule has 0 radical (unpaired) electrons. The van der Waals surface area contributed by atoms with Crippen molar-refractivity contribution < 1.29 is 9.59 Å². The van der Waals surface area contributed by atoms with Crippen LogP contribution in [-0.2, 0) is 0 Å². The van der Waals surface area contributed by atoms with E-state index in [1.54, 1.807) is 16.7 Å². The Labute approximate surface area is 165 Å². The van der Waals surface area contributed by atoms with Crippen molar-refractivity contribution in [3.63, 3.8) is 0 Å². The molecule has 0 aliphatic rings. The quantitative estimate of drug-likeness (QED) is 0.586. The first-order valence-electron chi connectivity index (χ1n) is 9.73. The largest absolute Gasteiger partial charge is 0.351 e. The summed E-state index contributed by atoms with van der Waals surface area (Å²) >= 11 is 0. The van der Waals surface area contributed by atoms with Gasteiger partial charge >= 0.3 is 0 Å². The van der Waals surface area contributed by atoms with Crippen LogP contribution in [0, 0.1) is 0 Å². The van der Waals surface area contributed by atoms with Gasteiger partial charge in [-0.2, -0.15) is 0 Å². The highest BCUT2D eigenvalue weighted by atomic mass is 16.2. The van der Waals surface area contributed by atoms with Gasteiger partial charge in [-0.25, -0.2) is 4.98 Å². The number of nitrogens with zero attached hydrogens (tertiary/aromatic N) is 2. The molecular weight excluding hydrogens is 352 g/mol. The third kappa shape index (κ3) is 4.39. The highest BCUT2D eigenvalue weighted by Gasteiger charge is 2.22. The van der Waals surface area contributed by atoms with E-state index >= 15 is 0 Å². The van der Waals surface area contributed by atoms with Crippen molar-refractivity contribution >= 4 is 17.3 Å². The number of amides is 2. The molecule has 28 heavy (non-hydrogen) atoms. The summed E-state index contributed by atoms with van der Waals surface area (Å²) in [5, 5.41) is 5.86. The van der Waals surface area contributed by atoms with Gasteiger partial charge in [-0.05, 0) is 31.0 Å². The fraction of sp³-hybridized carbons (Fsp3) is 0.318. The predicted octanol–water partition coefficient (Wildman–Crippen LogP) is 3.75. The van der Waals surface area contributed by atoms with Crippen molar-refractivity contribution in [2.45, 2.75) is 39.2 Å². The fourth-order valence-corrected chi connectivity index (χ4v) is 3.11. The van der Waals surface area contributed by atoms with Crippen LogP contribution in [0.2, 0.25) is 0 Å². The van der Waals surface area contributed by atoms with Gasteiger partial charge in [0.15, 0.2) is 5.69 Å². The van der Waals surface area contributed by atoms with Crippen LogP contribution in [0.25, 0.3) is 5.52 Å². The second-order valence-electron chi connectivity index (χ2n) is 6.81. The maximum atomic E-state index is 12.9. The van der Waals surface area contributed by atoms with Crippen LogP contribution in [0.15, 0.2) is 54.7 Å². The second-order valence-corrected chi connectivity index (χ2v) is 6.81. The summed E-state index contributed by atoms with van der Waals surface area (Å²) in [5.74, 6) is -0.366. The zero-order valence-corrected chi connectivity index (χ0v) is 16.3. The highest BCUT2D eigenvalue weighted by molar-refractivity contribution is 6.02. The standard InChI is InChI=1S/C22H26N4O2/c1-3-4-9-14-23-21(27)19-18-13-8-10-15-26(18)20(25-19)22(28)24-16(2)17-11-6-5-7-12-17/h5-8,10-13,15-16H,3-4,9,14H2,1-2H3,(H,23,27)(H,24,28). The monoisotopic (exact) mass is 378 g/mol. The number of aromatic nitrogens is 2. The van der Waals surface area contributed by atoms with Crippen LogP contribution in [0.5, 0.6) is 0 Å². The first-order chi connectivity index (χ1) is 13.6. The number of nitrogens with one attached hydrogen (secondary N) is 2. The van der Waals surface area contributed by atoms with Crippen LogP contribution in [0.1, 0.15) is 65.8 Å². The van der Waals surface area contributed by atoms with Crippen LogP contribution in [0.4, 0.5) is 0 Å². The molecule has 146 valence electrons. The lowest BCUT2D eigenvalue weighted by Gasteiger charge is -2.13. The van der Waals surface area contributed by atoms with E-state index in [0.717, 1.165) is 24.8 Å². The van der Waals surface area contributed by atoms with Crippen molar-refractivity contribution in [3.8, 4) is 0 Å². The molecule has 2 heterocycles. The SMILES string of the molecule is CCCCCNC(=O)c1nc(C(=O)NC(C)c2ccccc2)n2ccccc12. The average molecular weight is 378 g/mol. The van der Waals surface area contributed by atoms with Crippen LogP contribution >= 0.6 is 0 Å². The Bertz CT molecular complexity index is 950. The van der Waals surface area contributed by atoms with E-state index in [4.69, 9.17) is 0 Å². The van der Waals surface area contributed by atoms with Gasteiger partial charge in [0.05, 0.1) is 11.6 Å². The molecule has 3 rings (SSSR count). The molecule has 0 aliphatic heterocycles. The van der Waals surface area contributed by atoms with E-state index in [2.05, 4.69) is 22.5 Å². The maximum absolute atomic E-state index is 12.9. The topological polar surface area (TPSA) is 75.5 Å². The molecule has 6 heteroatoms. The number of rotatable bonds is 8. The lowest BCUT2D eigenvalue weighted by atomic mass is 10.1. The summed E-state index contributed by atoms with van der Waals surface area (Å²) in [6, 6.07) is 15.0. The Kier molecular flexibility index (Phi) is 6.42. The van der Waals surface area contributed by atoms with E-state index < -0.39 is 0 Å². The Balaban J connectivity index is 1.81. The molecule has 0 saturated heterocycles. The minimum Gasteiger partial charge on any atom is -0.351 e. The lowest BCUT2D eigenvalue weighted by Crippen LogP contribution is -2.28. The van der Waals surface area contributed by atoms with Gasteiger partial charge < -0.3 is 10.6 Å². The third-order valence-corrected chi connectivity index (χ3v) is 4.68. The molecule has 0 saturated carbocycles. The minimum atomic E-state index is -0.317. The number of carbonyl (C=O) groups excluding carboxylic acids is 2. The molecule has 1 atom stereocenters. The zero-order valence-electron chi connectivity index (χ0n) is 16.3. The Morgan fingerprint density at radius 3 is 2.54 bits per heavy atom. The molecular formula is C22H26N4O2. The van der Waals surface area contributed by atoms with Gasteiger partial charge in [-0.1, -0.05) is 56.2 Å². The number of imidazole rings is 1. The van der Waals surface area contributed by atoms with Crippen LogP contribution in [0.3, 0.4) is 0 Å². The van der Waals surface area contributed by atoms with E-state index in [1.165, 1.54) is 0 Å². The molecule has 6 nitrogen and oxygen atoms in total. The first kappa shape index (κ1) is 19.6. The summed E-state index contributed by atoms with van der Waals surface area (Å²) in [7, 11) is 0. The van der Waals surface area contributed by atoms with Crippen LogP contribution in [-0.4, -0.2) is 27.7 Å². The number of benzene rings is 1. The summed E-state index contributed by atoms with van der Waals surface area (Å²) < 4.78 is 1.66. The van der Waals surface area contributed by atoms with Gasteiger partial charge in [0, 0.05) is 12.7 Å². The van der Waals surface area contributed by atoms with E-state index in [0.29, 0.717) is 12.1 Å². The molecule has 1 unspecified atom stereocenters. The molecule has 2 aromatic heterocycles. The van der Waals surface area contributed by atoms with E-state index in [1.807, 2.05) is 49.4 Å². The number of hydrogen-bond acceptors (Lipinski definition) is 3. The molecule has 0 spiro atoms. The average Bonchev–Trinajstić information content (AvgIpc) is 3.11. The van der Waals surface area contributed by atoms with Crippen molar-refractivity contribution in [1.29, 1.82) is 0 Å². The number of carbonyl (C=O) groups is 2. The summed E-state index contributed by atoms with van der Waals surface area (Å²) in [6.45, 7) is 4.64. The molecule has 0 fully saturated rings. The molecule has 0 aliphatic carbocycles. The highest BCUT2D eigenvalue weighted by Crippen LogP contribution is 2.16. The lowest BCUT2D eigenvalue weighted by molar-refractivity contribution is 0.0928. The van der Waals surface area contributed by atoms with Crippen molar-refractivity contribution in [2.24, 2.45) is 0 Å². The maximum Gasteiger partial charge on any atom is 0.288 e. The molecule has 0 bridgehead atoms. The summed E-state index contributed by atoms with van der Waals surface area (Å²) in [5.41, 5.74) is 1.90. The van der Waals surface area contributed by atoms with Gasteiger partial charge in [-0.3, -0.25) is 14.0 Å². The van der Waals surface area contributed by atoms with E-state index in [9.17, 15) is 9.59 Å². The van der Waals surface area contributed by atoms with Gasteiger partial charge in [0.25, 0.3) is 11.8 Å². The Hall–Kier alpha value is -3.15.